The maximum Gasteiger partial charge on any atom is 0.162 e. The zero-order valence-electron chi connectivity index (χ0n) is 12.0. The van der Waals surface area contributed by atoms with Crippen LogP contribution in [0.15, 0.2) is 30.3 Å². The van der Waals surface area contributed by atoms with Crippen LogP contribution in [0.2, 0.25) is 5.15 Å². The molecule has 0 saturated carbocycles. The Bertz CT molecular complexity index is 839. The van der Waals surface area contributed by atoms with Gasteiger partial charge < -0.3 is 0 Å². The summed E-state index contributed by atoms with van der Waals surface area (Å²) in [5, 5.41) is 0.862. The maximum absolute atomic E-state index is 14.1. The number of hydrogen-bond acceptors (Lipinski definition) is 2. The zero-order chi connectivity index (χ0) is 15.1. The van der Waals surface area contributed by atoms with Crippen molar-refractivity contribution in [1.82, 2.24) is 9.97 Å². The van der Waals surface area contributed by atoms with Gasteiger partial charge in [-0.3, -0.25) is 0 Å². The lowest BCUT2D eigenvalue weighted by Gasteiger charge is -2.11. The van der Waals surface area contributed by atoms with E-state index in [1.54, 1.807) is 6.07 Å². The van der Waals surface area contributed by atoms with Gasteiger partial charge in [-0.15, -0.1) is 0 Å². The molecule has 0 aliphatic carbocycles. The molecule has 0 N–H and O–H groups in total. The van der Waals surface area contributed by atoms with E-state index in [-0.39, 0.29) is 16.5 Å². The molecule has 0 aliphatic heterocycles. The lowest BCUT2D eigenvalue weighted by molar-refractivity contribution is 0.636. The fourth-order valence-electron chi connectivity index (χ4n) is 2.60. The highest BCUT2D eigenvalue weighted by Crippen LogP contribution is 2.31. The van der Waals surface area contributed by atoms with E-state index in [4.69, 9.17) is 11.6 Å². The average Bonchev–Trinajstić information content (AvgIpc) is 2.42. The fourth-order valence-corrected chi connectivity index (χ4v) is 2.91. The van der Waals surface area contributed by atoms with Gasteiger partial charge in [0.1, 0.15) is 16.5 Å². The summed E-state index contributed by atoms with van der Waals surface area (Å²) >= 11 is 6.28. The van der Waals surface area contributed by atoms with Gasteiger partial charge in [0.25, 0.3) is 0 Å². The maximum atomic E-state index is 14.1. The third-order valence-corrected chi connectivity index (χ3v) is 3.94. The van der Waals surface area contributed by atoms with Crippen LogP contribution in [0.25, 0.3) is 22.3 Å². The van der Waals surface area contributed by atoms with Gasteiger partial charge in [0.05, 0.1) is 0 Å². The molecule has 21 heavy (non-hydrogen) atoms. The quantitative estimate of drug-likeness (QED) is 0.590. The molecule has 3 aromatic rings. The Morgan fingerprint density at radius 3 is 2.24 bits per heavy atom. The highest BCUT2D eigenvalue weighted by Gasteiger charge is 2.15. The normalized spacial score (nSPS) is 11.1. The minimum Gasteiger partial charge on any atom is -0.225 e. The molecule has 0 fully saturated rings. The molecule has 2 aromatic carbocycles. The van der Waals surface area contributed by atoms with Crippen LogP contribution in [0.5, 0.6) is 0 Å². The van der Waals surface area contributed by atoms with Gasteiger partial charge in [-0.25, -0.2) is 14.4 Å². The largest absolute Gasteiger partial charge is 0.225 e. The zero-order valence-corrected chi connectivity index (χ0v) is 12.8. The first-order valence-electron chi connectivity index (χ1n) is 6.68. The number of halogens is 2. The lowest BCUT2D eigenvalue weighted by Crippen LogP contribution is -1.98. The van der Waals surface area contributed by atoms with Crippen molar-refractivity contribution in [3.05, 3.63) is 58.0 Å². The van der Waals surface area contributed by atoms with Gasteiger partial charge in [-0.05, 0) is 43.5 Å². The molecule has 2 nitrogen and oxygen atoms in total. The van der Waals surface area contributed by atoms with Gasteiger partial charge in [-0.1, -0.05) is 35.9 Å². The number of benzene rings is 2. The smallest absolute Gasteiger partial charge is 0.162 e. The summed E-state index contributed by atoms with van der Waals surface area (Å²) in [5.74, 6) is 0.0833. The lowest BCUT2D eigenvalue weighted by atomic mass is 10.0. The van der Waals surface area contributed by atoms with Crippen molar-refractivity contribution in [1.29, 1.82) is 0 Å². The second kappa shape index (κ2) is 5.08. The first-order valence-corrected chi connectivity index (χ1v) is 7.06. The standard InChI is InChI=1S/C17H14ClFN2/c1-9-5-4-6-10(2)13(9)17-20-15-12(19)8-7-11(3)14(15)16(18)21-17/h4-8H,1-3H3. The topological polar surface area (TPSA) is 25.8 Å². The number of aryl methyl sites for hydroxylation is 3. The Morgan fingerprint density at radius 1 is 0.905 bits per heavy atom. The molecule has 0 bridgehead atoms. The van der Waals surface area contributed by atoms with E-state index < -0.39 is 0 Å². The Balaban J connectivity index is 2.39. The van der Waals surface area contributed by atoms with Crippen molar-refractivity contribution < 1.29 is 4.39 Å². The molecule has 1 aromatic heterocycles. The second-order valence-electron chi connectivity index (χ2n) is 5.19. The Morgan fingerprint density at radius 2 is 1.57 bits per heavy atom. The van der Waals surface area contributed by atoms with Gasteiger partial charge in [0.2, 0.25) is 0 Å². The van der Waals surface area contributed by atoms with Crippen molar-refractivity contribution in [3.8, 4) is 11.4 Å². The van der Waals surface area contributed by atoms with E-state index >= 15 is 0 Å². The van der Waals surface area contributed by atoms with E-state index in [9.17, 15) is 4.39 Å². The second-order valence-corrected chi connectivity index (χ2v) is 5.55. The highest BCUT2D eigenvalue weighted by atomic mass is 35.5. The van der Waals surface area contributed by atoms with Crippen LogP contribution in [0.4, 0.5) is 4.39 Å². The predicted octanol–water partition coefficient (Wildman–Crippen LogP) is 5.01. The first kappa shape index (κ1) is 14.0. The Kier molecular flexibility index (Phi) is 3.38. The van der Waals surface area contributed by atoms with Crippen molar-refractivity contribution in [2.24, 2.45) is 0 Å². The molecule has 0 spiro atoms. The Hall–Kier alpha value is -2.00. The van der Waals surface area contributed by atoms with E-state index in [0.717, 1.165) is 22.3 Å². The number of fused-ring (bicyclic) bond motifs is 1. The molecule has 0 radical (unpaired) electrons. The fraction of sp³-hybridized carbons (Fsp3) is 0.176. The Labute approximate surface area is 127 Å². The van der Waals surface area contributed by atoms with Crippen molar-refractivity contribution in [2.45, 2.75) is 20.8 Å². The van der Waals surface area contributed by atoms with Crippen LogP contribution in [0, 0.1) is 26.6 Å². The van der Waals surface area contributed by atoms with Crippen molar-refractivity contribution >= 4 is 22.5 Å². The van der Waals surface area contributed by atoms with Crippen LogP contribution in [0.1, 0.15) is 16.7 Å². The van der Waals surface area contributed by atoms with Crippen molar-refractivity contribution in [3.63, 3.8) is 0 Å². The van der Waals surface area contributed by atoms with Crippen LogP contribution >= 0.6 is 11.6 Å². The summed E-state index contributed by atoms with van der Waals surface area (Å²) in [4.78, 5) is 8.80. The number of hydrogen-bond donors (Lipinski definition) is 0. The molecule has 106 valence electrons. The molecular formula is C17H14ClFN2. The average molecular weight is 301 g/mol. The minimum atomic E-state index is -0.382. The van der Waals surface area contributed by atoms with Crippen LogP contribution in [-0.4, -0.2) is 9.97 Å². The molecule has 0 amide bonds. The third kappa shape index (κ3) is 2.28. The molecule has 0 saturated heterocycles. The minimum absolute atomic E-state index is 0.271. The van der Waals surface area contributed by atoms with Gasteiger partial charge >= 0.3 is 0 Å². The summed E-state index contributed by atoms with van der Waals surface area (Å²) < 4.78 is 14.1. The van der Waals surface area contributed by atoms with E-state index in [0.29, 0.717) is 11.2 Å². The molecule has 0 atom stereocenters. The van der Waals surface area contributed by atoms with E-state index in [2.05, 4.69) is 9.97 Å². The third-order valence-electron chi connectivity index (χ3n) is 3.67. The summed E-state index contributed by atoms with van der Waals surface area (Å²) in [7, 11) is 0. The van der Waals surface area contributed by atoms with Crippen LogP contribution in [0.3, 0.4) is 0 Å². The number of nitrogens with zero attached hydrogens (tertiary/aromatic N) is 2. The summed E-state index contributed by atoms with van der Waals surface area (Å²) in [6.45, 7) is 5.84. The molecule has 0 unspecified atom stereocenters. The van der Waals surface area contributed by atoms with Crippen molar-refractivity contribution in [2.75, 3.05) is 0 Å². The van der Waals surface area contributed by atoms with E-state index in [1.165, 1.54) is 6.07 Å². The monoisotopic (exact) mass is 300 g/mol. The summed E-state index contributed by atoms with van der Waals surface area (Å²) in [6, 6.07) is 9.04. The SMILES string of the molecule is Cc1cccc(C)c1-c1nc(Cl)c2c(C)ccc(F)c2n1. The van der Waals surface area contributed by atoms with Gasteiger partial charge in [0.15, 0.2) is 5.82 Å². The van der Waals surface area contributed by atoms with E-state index in [1.807, 2.05) is 39.0 Å². The van der Waals surface area contributed by atoms with Gasteiger partial charge in [-0.2, -0.15) is 0 Å². The van der Waals surface area contributed by atoms with Crippen LogP contribution < -0.4 is 0 Å². The summed E-state index contributed by atoms with van der Waals surface area (Å²) in [5.41, 5.74) is 4.12. The summed E-state index contributed by atoms with van der Waals surface area (Å²) in [6.07, 6.45) is 0. The number of aromatic nitrogens is 2. The molecule has 4 heteroatoms. The first-order chi connectivity index (χ1) is 9.99. The van der Waals surface area contributed by atoms with Gasteiger partial charge in [0, 0.05) is 10.9 Å². The predicted molar refractivity (Wildman–Crippen MR) is 84.2 cm³/mol. The highest BCUT2D eigenvalue weighted by molar-refractivity contribution is 6.34. The number of rotatable bonds is 1. The molecule has 3 rings (SSSR count). The molecular weight excluding hydrogens is 287 g/mol. The van der Waals surface area contributed by atoms with Crippen LogP contribution in [-0.2, 0) is 0 Å². The molecule has 1 heterocycles. The molecule has 0 aliphatic rings.